The van der Waals surface area contributed by atoms with Crippen molar-refractivity contribution in [2.75, 3.05) is 10.6 Å². The van der Waals surface area contributed by atoms with E-state index in [0.29, 0.717) is 27.9 Å². The number of amides is 1. The summed E-state index contributed by atoms with van der Waals surface area (Å²) in [7, 11) is 1.71. The molecule has 4 heterocycles. The zero-order valence-electron chi connectivity index (χ0n) is 16.6. The number of hydrogen-bond acceptors (Lipinski definition) is 8. The summed E-state index contributed by atoms with van der Waals surface area (Å²) in [4.78, 5) is 21.2. The maximum absolute atomic E-state index is 12.4. The molecule has 0 fully saturated rings. The third-order valence-electron chi connectivity index (χ3n) is 4.74. The molecule has 0 saturated heterocycles. The van der Waals surface area contributed by atoms with Gasteiger partial charge in [-0.2, -0.15) is 19.6 Å². The van der Waals surface area contributed by atoms with Gasteiger partial charge >= 0.3 is 0 Å². The SMILES string of the molecule is Cc1n[nH]c2ccc(Nc3nc(-c4cncc(NC(=O)c5ccnn5C)c4)ns3)cc12. The van der Waals surface area contributed by atoms with Gasteiger partial charge in [-0.15, -0.1) is 0 Å². The predicted octanol–water partition coefficient (Wildman–Crippen LogP) is 3.51. The minimum atomic E-state index is -0.266. The standard InChI is InChI=1S/C20H17N9OS/c1-11-15-8-13(3-4-16(15)27-26-11)24-20-25-18(28-31-20)12-7-14(10-21-9-12)23-19(30)17-5-6-22-29(17)2/h3-10H,1-2H3,(H,23,30)(H,26,27)(H,24,25,28). The van der Waals surface area contributed by atoms with Crippen LogP contribution in [0, 0.1) is 6.92 Å². The molecule has 0 aliphatic carbocycles. The molecule has 11 heteroatoms. The van der Waals surface area contributed by atoms with Crippen molar-refractivity contribution in [3.05, 3.63) is 60.3 Å². The third-order valence-corrected chi connectivity index (χ3v) is 5.37. The molecule has 0 radical (unpaired) electrons. The highest BCUT2D eigenvalue weighted by molar-refractivity contribution is 7.09. The fourth-order valence-electron chi connectivity index (χ4n) is 3.16. The molecule has 5 rings (SSSR count). The second-order valence-corrected chi connectivity index (χ2v) is 7.63. The first-order chi connectivity index (χ1) is 15.1. The number of rotatable bonds is 5. The average molecular weight is 431 g/mol. The highest BCUT2D eigenvalue weighted by Crippen LogP contribution is 2.27. The van der Waals surface area contributed by atoms with Crippen LogP contribution in [-0.2, 0) is 7.05 Å². The summed E-state index contributed by atoms with van der Waals surface area (Å²) in [6.45, 7) is 1.96. The lowest BCUT2D eigenvalue weighted by Gasteiger charge is -2.06. The van der Waals surface area contributed by atoms with Crippen LogP contribution in [-0.4, -0.2) is 40.2 Å². The van der Waals surface area contributed by atoms with E-state index in [0.717, 1.165) is 22.3 Å². The smallest absolute Gasteiger partial charge is 0.273 e. The zero-order chi connectivity index (χ0) is 21.4. The van der Waals surface area contributed by atoms with Gasteiger partial charge in [0.15, 0.2) is 5.82 Å². The molecule has 154 valence electrons. The molecule has 1 amide bonds. The molecular formula is C20H17N9OS. The van der Waals surface area contributed by atoms with Crippen LogP contribution in [0.15, 0.2) is 48.9 Å². The van der Waals surface area contributed by atoms with Gasteiger partial charge in [0.25, 0.3) is 5.91 Å². The number of benzene rings is 1. The predicted molar refractivity (Wildman–Crippen MR) is 118 cm³/mol. The molecule has 3 N–H and O–H groups in total. The number of carbonyl (C=O) groups excluding carboxylic acids is 1. The Morgan fingerprint density at radius 1 is 1.16 bits per heavy atom. The quantitative estimate of drug-likeness (QED) is 0.389. The molecule has 4 aromatic heterocycles. The average Bonchev–Trinajstić information content (AvgIpc) is 3.49. The Bertz CT molecular complexity index is 1400. The summed E-state index contributed by atoms with van der Waals surface area (Å²) in [6, 6.07) is 9.38. The second kappa shape index (κ2) is 7.61. The maximum Gasteiger partial charge on any atom is 0.273 e. The Labute approximate surface area is 180 Å². The van der Waals surface area contributed by atoms with Crippen molar-refractivity contribution in [2.45, 2.75) is 6.92 Å². The summed E-state index contributed by atoms with van der Waals surface area (Å²) in [5, 5.41) is 19.0. The number of hydrogen-bond donors (Lipinski definition) is 3. The summed E-state index contributed by atoms with van der Waals surface area (Å²) >= 11 is 1.25. The molecule has 0 bridgehead atoms. The summed E-state index contributed by atoms with van der Waals surface area (Å²) in [5.41, 5.74) is 4.52. The number of aromatic nitrogens is 7. The first-order valence-electron chi connectivity index (χ1n) is 9.37. The number of aryl methyl sites for hydroxylation is 2. The van der Waals surface area contributed by atoms with Crippen LogP contribution in [0.5, 0.6) is 0 Å². The number of pyridine rings is 1. The van der Waals surface area contributed by atoms with Gasteiger partial charge in [0.1, 0.15) is 5.69 Å². The van der Waals surface area contributed by atoms with Crippen LogP contribution < -0.4 is 10.6 Å². The number of aromatic amines is 1. The van der Waals surface area contributed by atoms with Gasteiger partial charge in [0, 0.05) is 47.6 Å². The van der Waals surface area contributed by atoms with E-state index in [1.807, 2.05) is 25.1 Å². The maximum atomic E-state index is 12.4. The van der Waals surface area contributed by atoms with Gasteiger partial charge in [-0.1, -0.05) is 0 Å². The highest BCUT2D eigenvalue weighted by atomic mass is 32.1. The molecule has 0 aliphatic rings. The van der Waals surface area contributed by atoms with Crippen LogP contribution in [0.2, 0.25) is 0 Å². The van der Waals surface area contributed by atoms with Crippen LogP contribution in [0.4, 0.5) is 16.5 Å². The largest absolute Gasteiger partial charge is 0.330 e. The lowest BCUT2D eigenvalue weighted by Crippen LogP contribution is -2.16. The number of nitrogens with one attached hydrogen (secondary N) is 3. The lowest BCUT2D eigenvalue weighted by molar-refractivity contribution is 0.101. The topological polar surface area (TPSA) is 126 Å². The van der Waals surface area contributed by atoms with Gasteiger partial charge in [-0.25, -0.2) is 0 Å². The molecule has 0 aliphatic heterocycles. The first kappa shape index (κ1) is 18.9. The summed E-state index contributed by atoms with van der Waals surface area (Å²) < 4.78 is 5.93. The highest BCUT2D eigenvalue weighted by Gasteiger charge is 2.13. The molecule has 0 unspecified atom stereocenters. The Morgan fingerprint density at radius 2 is 2.06 bits per heavy atom. The van der Waals surface area contributed by atoms with Crippen molar-refractivity contribution in [3.63, 3.8) is 0 Å². The monoisotopic (exact) mass is 431 g/mol. The van der Waals surface area contributed by atoms with E-state index in [1.165, 1.54) is 16.2 Å². The van der Waals surface area contributed by atoms with E-state index in [9.17, 15) is 4.79 Å². The number of carbonyl (C=O) groups is 1. The Hall–Kier alpha value is -4.12. The molecule has 0 saturated carbocycles. The molecule has 0 spiro atoms. The first-order valence-corrected chi connectivity index (χ1v) is 10.1. The van der Waals surface area contributed by atoms with Crippen LogP contribution in [0.1, 0.15) is 16.2 Å². The fourth-order valence-corrected chi connectivity index (χ4v) is 3.77. The molecule has 0 atom stereocenters. The number of anilines is 3. The Morgan fingerprint density at radius 3 is 2.90 bits per heavy atom. The van der Waals surface area contributed by atoms with Crippen LogP contribution in [0.3, 0.4) is 0 Å². The van der Waals surface area contributed by atoms with E-state index in [4.69, 9.17) is 0 Å². The van der Waals surface area contributed by atoms with Crippen molar-refractivity contribution >= 4 is 44.8 Å². The molecular weight excluding hydrogens is 414 g/mol. The minimum absolute atomic E-state index is 0.266. The third kappa shape index (κ3) is 3.73. The van der Waals surface area contributed by atoms with E-state index in [2.05, 4.69) is 40.3 Å². The molecule has 10 nitrogen and oxygen atoms in total. The number of nitrogens with zero attached hydrogens (tertiary/aromatic N) is 6. The van der Waals surface area contributed by atoms with Gasteiger partial charge in [0.2, 0.25) is 5.13 Å². The Balaban J connectivity index is 1.34. The van der Waals surface area contributed by atoms with E-state index >= 15 is 0 Å². The van der Waals surface area contributed by atoms with Crippen LogP contribution >= 0.6 is 11.5 Å². The summed E-state index contributed by atoms with van der Waals surface area (Å²) in [5.74, 6) is 0.259. The minimum Gasteiger partial charge on any atom is -0.330 e. The molecule has 1 aromatic carbocycles. The Kier molecular flexibility index (Phi) is 4.64. The van der Waals surface area contributed by atoms with Gasteiger partial charge in [-0.3, -0.25) is 19.6 Å². The fraction of sp³-hybridized carbons (Fsp3) is 0.100. The van der Waals surface area contributed by atoms with E-state index in [-0.39, 0.29) is 5.91 Å². The normalized spacial score (nSPS) is 11.0. The second-order valence-electron chi connectivity index (χ2n) is 6.87. The molecule has 31 heavy (non-hydrogen) atoms. The van der Waals surface area contributed by atoms with E-state index < -0.39 is 0 Å². The van der Waals surface area contributed by atoms with E-state index in [1.54, 1.807) is 37.8 Å². The van der Waals surface area contributed by atoms with Crippen molar-refractivity contribution < 1.29 is 4.79 Å². The van der Waals surface area contributed by atoms with Crippen molar-refractivity contribution in [1.29, 1.82) is 0 Å². The number of H-pyrrole nitrogens is 1. The van der Waals surface area contributed by atoms with Crippen LogP contribution in [0.25, 0.3) is 22.3 Å². The van der Waals surface area contributed by atoms with Gasteiger partial charge < -0.3 is 10.6 Å². The van der Waals surface area contributed by atoms with Gasteiger partial charge in [-0.05, 0) is 37.3 Å². The zero-order valence-corrected chi connectivity index (χ0v) is 17.4. The lowest BCUT2D eigenvalue weighted by atomic mass is 10.2. The number of fused-ring (bicyclic) bond motifs is 1. The van der Waals surface area contributed by atoms with Crippen molar-refractivity contribution in [2.24, 2.45) is 7.05 Å². The van der Waals surface area contributed by atoms with Crippen molar-refractivity contribution in [1.82, 2.24) is 34.3 Å². The molecule has 5 aromatic rings. The summed E-state index contributed by atoms with van der Waals surface area (Å²) in [6.07, 6.45) is 4.81. The van der Waals surface area contributed by atoms with Crippen molar-refractivity contribution in [3.8, 4) is 11.4 Å². The van der Waals surface area contributed by atoms with Gasteiger partial charge in [0.05, 0.1) is 23.1 Å².